The molecule has 74 valence electrons. The van der Waals surface area contributed by atoms with E-state index in [-0.39, 0.29) is 17.5 Å². The van der Waals surface area contributed by atoms with Crippen molar-refractivity contribution in [2.45, 2.75) is 32.1 Å². The Balaban J connectivity index is 2.46. The van der Waals surface area contributed by atoms with Crippen LogP contribution in [0.3, 0.4) is 0 Å². The lowest BCUT2D eigenvalue weighted by molar-refractivity contribution is -0.118. The molecule has 0 saturated carbocycles. The maximum atomic E-state index is 13.0. The van der Waals surface area contributed by atoms with Crippen molar-refractivity contribution in [3.8, 4) is 0 Å². The van der Waals surface area contributed by atoms with Crippen LogP contribution in [0.25, 0.3) is 0 Å². The van der Waals surface area contributed by atoms with Crippen molar-refractivity contribution in [3.63, 3.8) is 0 Å². The summed E-state index contributed by atoms with van der Waals surface area (Å²) in [7, 11) is 0. The molecule has 0 N–H and O–H groups in total. The number of halogens is 1. The summed E-state index contributed by atoms with van der Waals surface area (Å²) in [5.74, 6) is -0.164. The maximum Gasteiger partial charge on any atom is 0.137 e. The maximum absolute atomic E-state index is 13.0. The molecule has 1 unspecified atom stereocenters. The van der Waals surface area contributed by atoms with Gasteiger partial charge in [0.25, 0.3) is 0 Å². The number of carbonyl (C=O) groups excluding carboxylic acids is 1. The molecule has 1 aliphatic rings. The van der Waals surface area contributed by atoms with Gasteiger partial charge in [-0.2, -0.15) is 0 Å². The zero-order chi connectivity index (χ0) is 10.1. The van der Waals surface area contributed by atoms with Crippen molar-refractivity contribution in [1.29, 1.82) is 0 Å². The smallest absolute Gasteiger partial charge is 0.137 e. The van der Waals surface area contributed by atoms with E-state index in [4.69, 9.17) is 0 Å². The summed E-state index contributed by atoms with van der Waals surface area (Å²) in [4.78, 5) is 11.4. The van der Waals surface area contributed by atoms with Crippen LogP contribution in [0.15, 0.2) is 18.2 Å². The van der Waals surface area contributed by atoms with Crippen LogP contribution in [0, 0.1) is 5.82 Å². The number of fused-ring (bicyclic) bond motifs is 1. The van der Waals surface area contributed by atoms with Gasteiger partial charge in [-0.3, -0.25) is 4.79 Å². The summed E-state index contributed by atoms with van der Waals surface area (Å²) < 4.78 is 13.0. The molecule has 2 rings (SSSR count). The first-order chi connectivity index (χ1) is 6.68. The van der Waals surface area contributed by atoms with Crippen LogP contribution in [0.1, 0.15) is 36.8 Å². The standard InChI is InChI=1S/C12H13FO/c1-8(14)11-4-2-3-9-5-6-10(13)7-12(9)11/h5-7,11H,2-4H2,1H3. The second-order valence-corrected chi connectivity index (χ2v) is 3.90. The molecule has 0 fully saturated rings. The fourth-order valence-electron chi connectivity index (χ4n) is 2.19. The first kappa shape index (κ1) is 9.38. The van der Waals surface area contributed by atoms with E-state index in [9.17, 15) is 9.18 Å². The summed E-state index contributed by atoms with van der Waals surface area (Å²) in [6.07, 6.45) is 2.87. The van der Waals surface area contributed by atoms with Crippen LogP contribution in [0.4, 0.5) is 4.39 Å². The third-order valence-corrected chi connectivity index (χ3v) is 2.91. The van der Waals surface area contributed by atoms with E-state index in [1.54, 1.807) is 13.0 Å². The Hall–Kier alpha value is -1.18. The van der Waals surface area contributed by atoms with Gasteiger partial charge in [0.05, 0.1) is 0 Å². The normalized spacial score (nSPS) is 20.3. The number of aryl methyl sites for hydroxylation is 1. The molecule has 0 aliphatic heterocycles. The Bertz CT molecular complexity index is 371. The predicted molar refractivity (Wildman–Crippen MR) is 52.8 cm³/mol. The minimum absolute atomic E-state index is 0.0746. The van der Waals surface area contributed by atoms with Crippen molar-refractivity contribution >= 4 is 5.78 Å². The molecule has 1 aromatic carbocycles. The molecular formula is C12H13FO. The predicted octanol–water partition coefficient (Wildman–Crippen LogP) is 2.83. The Morgan fingerprint density at radius 2 is 2.29 bits per heavy atom. The third-order valence-electron chi connectivity index (χ3n) is 2.91. The molecule has 0 radical (unpaired) electrons. The highest BCUT2D eigenvalue weighted by molar-refractivity contribution is 5.84. The highest BCUT2D eigenvalue weighted by Crippen LogP contribution is 2.32. The SMILES string of the molecule is CC(=O)C1CCCc2ccc(F)cc21. The molecule has 0 aromatic heterocycles. The second kappa shape index (κ2) is 3.52. The molecule has 0 heterocycles. The van der Waals surface area contributed by atoms with E-state index in [0.717, 1.165) is 30.4 Å². The van der Waals surface area contributed by atoms with Gasteiger partial charge in [0.15, 0.2) is 0 Å². The van der Waals surface area contributed by atoms with Gasteiger partial charge in [-0.05, 0) is 49.4 Å². The van der Waals surface area contributed by atoms with E-state index in [1.807, 2.05) is 0 Å². The topological polar surface area (TPSA) is 17.1 Å². The quantitative estimate of drug-likeness (QED) is 0.668. The zero-order valence-electron chi connectivity index (χ0n) is 8.22. The molecule has 0 amide bonds. The number of rotatable bonds is 1. The van der Waals surface area contributed by atoms with Crippen LogP contribution in [-0.2, 0) is 11.2 Å². The summed E-state index contributed by atoms with van der Waals surface area (Å²) >= 11 is 0. The monoisotopic (exact) mass is 192 g/mol. The molecule has 0 saturated heterocycles. The summed E-state index contributed by atoms with van der Waals surface area (Å²) in [5.41, 5.74) is 2.04. The van der Waals surface area contributed by atoms with E-state index in [0.29, 0.717) is 0 Å². The van der Waals surface area contributed by atoms with Crippen molar-refractivity contribution in [3.05, 3.63) is 35.1 Å². The van der Waals surface area contributed by atoms with Gasteiger partial charge < -0.3 is 0 Å². The fraction of sp³-hybridized carbons (Fsp3) is 0.417. The van der Waals surface area contributed by atoms with Crippen molar-refractivity contribution in [1.82, 2.24) is 0 Å². The summed E-state index contributed by atoms with van der Waals surface area (Å²) in [6, 6.07) is 4.79. The number of hydrogen-bond acceptors (Lipinski definition) is 1. The molecule has 1 atom stereocenters. The number of carbonyl (C=O) groups is 1. The second-order valence-electron chi connectivity index (χ2n) is 3.90. The van der Waals surface area contributed by atoms with Gasteiger partial charge in [0.2, 0.25) is 0 Å². The fourth-order valence-corrected chi connectivity index (χ4v) is 2.19. The highest BCUT2D eigenvalue weighted by Gasteiger charge is 2.23. The van der Waals surface area contributed by atoms with Crippen molar-refractivity contribution in [2.24, 2.45) is 0 Å². The van der Waals surface area contributed by atoms with Crippen molar-refractivity contribution < 1.29 is 9.18 Å². The van der Waals surface area contributed by atoms with Crippen LogP contribution in [0.2, 0.25) is 0 Å². The summed E-state index contributed by atoms with van der Waals surface area (Å²) in [5, 5.41) is 0. The van der Waals surface area contributed by atoms with Gasteiger partial charge in [-0.15, -0.1) is 0 Å². The molecule has 14 heavy (non-hydrogen) atoms. The van der Waals surface area contributed by atoms with E-state index < -0.39 is 0 Å². The molecule has 1 nitrogen and oxygen atoms in total. The van der Waals surface area contributed by atoms with Gasteiger partial charge in [0, 0.05) is 5.92 Å². The van der Waals surface area contributed by atoms with Gasteiger partial charge in [-0.1, -0.05) is 6.07 Å². The average Bonchev–Trinajstić information content (AvgIpc) is 2.16. The Labute approximate surface area is 82.9 Å². The Kier molecular flexibility index (Phi) is 2.36. The van der Waals surface area contributed by atoms with Crippen LogP contribution < -0.4 is 0 Å². The molecule has 2 heteroatoms. The van der Waals surface area contributed by atoms with E-state index in [2.05, 4.69) is 0 Å². The third kappa shape index (κ3) is 1.57. The molecule has 0 spiro atoms. The minimum atomic E-state index is -0.239. The Morgan fingerprint density at radius 3 is 3.00 bits per heavy atom. The lowest BCUT2D eigenvalue weighted by Gasteiger charge is -2.23. The number of hydrogen-bond donors (Lipinski definition) is 0. The van der Waals surface area contributed by atoms with Crippen LogP contribution in [-0.4, -0.2) is 5.78 Å². The minimum Gasteiger partial charge on any atom is -0.299 e. The lowest BCUT2D eigenvalue weighted by Crippen LogP contribution is -2.16. The van der Waals surface area contributed by atoms with Crippen LogP contribution >= 0.6 is 0 Å². The first-order valence-electron chi connectivity index (χ1n) is 4.97. The molecular weight excluding hydrogens is 179 g/mol. The van der Waals surface area contributed by atoms with Gasteiger partial charge >= 0.3 is 0 Å². The van der Waals surface area contributed by atoms with Crippen molar-refractivity contribution in [2.75, 3.05) is 0 Å². The number of Topliss-reactive ketones (excluding diaryl/α,β-unsaturated/α-hetero) is 1. The molecule has 0 bridgehead atoms. The van der Waals surface area contributed by atoms with Gasteiger partial charge in [0.1, 0.15) is 11.6 Å². The number of benzene rings is 1. The number of ketones is 1. The lowest BCUT2D eigenvalue weighted by atomic mass is 9.81. The van der Waals surface area contributed by atoms with E-state index >= 15 is 0 Å². The highest BCUT2D eigenvalue weighted by atomic mass is 19.1. The average molecular weight is 192 g/mol. The largest absolute Gasteiger partial charge is 0.299 e. The summed E-state index contributed by atoms with van der Waals surface area (Å²) in [6.45, 7) is 1.59. The van der Waals surface area contributed by atoms with E-state index in [1.165, 1.54) is 12.1 Å². The zero-order valence-corrected chi connectivity index (χ0v) is 8.22. The Morgan fingerprint density at radius 1 is 1.50 bits per heavy atom. The molecule has 1 aliphatic carbocycles. The van der Waals surface area contributed by atoms with Crippen LogP contribution in [0.5, 0.6) is 0 Å². The molecule has 1 aromatic rings. The first-order valence-corrected chi connectivity index (χ1v) is 4.97. The van der Waals surface area contributed by atoms with Gasteiger partial charge in [-0.25, -0.2) is 4.39 Å².